The van der Waals surface area contributed by atoms with Crippen molar-refractivity contribution in [3.63, 3.8) is 0 Å². The molecule has 2 aromatic rings. The number of amides is 2. The van der Waals surface area contributed by atoms with E-state index in [0.717, 1.165) is 30.8 Å². The molecular formula is C33H43Cl2FN4O7. The minimum Gasteiger partial charge on any atom is -0.394 e. The Labute approximate surface area is 283 Å². The summed E-state index contributed by atoms with van der Waals surface area (Å²) in [6.07, 6.45) is -5.33. The van der Waals surface area contributed by atoms with Gasteiger partial charge in [-0.1, -0.05) is 35.3 Å². The fourth-order valence-corrected chi connectivity index (χ4v) is 7.01. The van der Waals surface area contributed by atoms with Crippen molar-refractivity contribution in [2.24, 2.45) is 0 Å². The molecule has 6 atom stereocenters. The topological polar surface area (TPSA) is 148 Å². The summed E-state index contributed by atoms with van der Waals surface area (Å²) in [5.41, 5.74) is 3.13. The molecule has 258 valence electrons. The molecule has 1 aliphatic carbocycles. The number of likely N-dealkylation sites (N-methyl/N-ethyl adjacent to an activating group) is 1. The molecule has 2 amide bonds. The second-order valence-corrected chi connectivity index (χ2v) is 13.6. The lowest BCUT2D eigenvalue weighted by Gasteiger charge is -2.39. The fraction of sp³-hybridized carbons (Fsp3) is 0.576. The Balaban J connectivity index is 1.20. The van der Waals surface area contributed by atoms with E-state index in [4.69, 9.17) is 28.3 Å². The number of benzene rings is 2. The molecule has 0 bridgehead atoms. The molecule has 11 nitrogen and oxygen atoms in total. The van der Waals surface area contributed by atoms with Gasteiger partial charge >= 0.3 is 0 Å². The van der Waals surface area contributed by atoms with Crippen molar-refractivity contribution < 1.29 is 39.5 Å². The second kappa shape index (κ2) is 15.3. The van der Waals surface area contributed by atoms with Crippen LogP contribution in [0.1, 0.15) is 36.8 Å². The fourth-order valence-electron chi connectivity index (χ4n) is 6.48. The average Bonchev–Trinajstić information content (AvgIpc) is 3.84. The monoisotopic (exact) mass is 696 g/mol. The van der Waals surface area contributed by atoms with Crippen LogP contribution in [0.15, 0.2) is 36.4 Å². The van der Waals surface area contributed by atoms with Gasteiger partial charge in [0.1, 0.15) is 30.6 Å². The van der Waals surface area contributed by atoms with Gasteiger partial charge < -0.3 is 40.2 Å². The first-order chi connectivity index (χ1) is 22.4. The number of hydrogen-bond acceptors (Lipinski definition) is 9. The molecule has 5 N–H and O–H groups in total. The van der Waals surface area contributed by atoms with Crippen LogP contribution in [0, 0.1) is 0 Å². The van der Waals surface area contributed by atoms with Crippen LogP contribution in [0.2, 0.25) is 10.0 Å². The molecule has 2 aromatic carbocycles. The summed E-state index contributed by atoms with van der Waals surface area (Å²) >= 11 is 13.3. The number of carbonyl (C=O) groups is 2. The van der Waals surface area contributed by atoms with Crippen LogP contribution in [0.25, 0.3) is 0 Å². The van der Waals surface area contributed by atoms with Crippen molar-refractivity contribution in [3.8, 4) is 0 Å². The molecule has 3 aliphatic rings. The lowest BCUT2D eigenvalue weighted by molar-refractivity contribution is -0.137. The zero-order chi connectivity index (χ0) is 34.0. The maximum Gasteiger partial charge on any atom is 0.244 e. The number of nitrogens with zero attached hydrogens (tertiary/aromatic N) is 4. The molecule has 0 spiro atoms. The van der Waals surface area contributed by atoms with E-state index in [1.165, 1.54) is 11.9 Å². The maximum atomic E-state index is 14.8. The quantitative estimate of drug-likeness (QED) is 0.211. The van der Waals surface area contributed by atoms with Gasteiger partial charge in [0.15, 0.2) is 0 Å². The van der Waals surface area contributed by atoms with Gasteiger partial charge in [0, 0.05) is 68.7 Å². The molecule has 0 aromatic heterocycles. The number of aliphatic hydroxyl groups is 5. The Morgan fingerprint density at radius 1 is 0.979 bits per heavy atom. The van der Waals surface area contributed by atoms with Crippen molar-refractivity contribution in [3.05, 3.63) is 57.6 Å². The Kier molecular flexibility index (Phi) is 11.7. The summed E-state index contributed by atoms with van der Waals surface area (Å²) in [4.78, 5) is 33.8. The van der Waals surface area contributed by atoms with Crippen LogP contribution in [-0.4, -0.2) is 130 Å². The molecule has 5 rings (SSSR count). The summed E-state index contributed by atoms with van der Waals surface area (Å²) in [7, 11) is 1.42. The van der Waals surface area contributed by atoms with Gasteiger partial charge in [-0.25, -0.2) is 4.39 Å². The number of carbonyl (C=O) groups excluding carboxylic acids is 2. The van der Waals surface area contributed by atoms with Crippen LogP contribution < -0.4 is 9.80 Å². The van der Waals surface area contributed by atoms with Gasteiger partial charge in [0.2, 0.25) is 11.8 Å². The average molecular weight is 698 g/mol. The highest BCUT2D eigenvalue weighted by Crippen LogP contribution is 2.41. The second-order valence-electron chi connectivity index (χ2n) is 12.8. The number of anilines is 2. The number of likely N-dealkylation sites (tertiary alicyclic amines) is 1. The largest absolute Gasteiger partial charge is 0.394 e. The van der Waals surface area contributed by atoms with Crippen LogP contribution >= 0.6 is 23.2 Å². The molecule has 1 saturated heterocycles. The van der Waals surface area contributed by atoms with Gasteiger partial charge in [-0.15, -0.1) is 0 Å². The molecule has 1 saturated carbocycles. The molecule has 14 heteroatoms. The van der Waals surface area contributed by atoms with Gasteiger partial charge in [-0.05, 0) is 54.7 Å². The van der Waals surface area contributed by atoms with Crippen molar-refractivity contribution in [1.82, 2.24) is 9.80 Å². The van der Waals surface area contributed by atoms with E-state index in [1.54, 1.807) is 17.0 Å². The number of hydrogen-bond donors (Lipinski definition) is 5. The first kappa shape index (κ1) is 35.7. The highest BCUT2D eigenvalue weighted by Gasteiger charge is 2.42. The van der Waals surface area contributed by atoms with Crippen LogP contribution in [0.5, 0.6) is 0 Å². The van der Waals surface area contributed by atoms with E-state index in [9.17, 15) is 34.4 Å². The van der Waals surface area contributed by atoms with E-state index in [-0.39, 0.29) is 50.7 Å². The normalized spacial score (nSPS) is 22.5. The summed E-state index contributed by atoms with van der Waals surface area (Å²) < 4.78 is 14.8. The minimum absolute atomic E-state index is 0.00174. The van der Waals surface area contributed by atoms with Crippen LogP contribution in [0.3, 0.4) is 0 Å². The Bertz CT molecular complexity index is 1440. The highest BCUT2D eigenvalue weighted by atomic mass is 35.5. The smallest absolute Gasteiger partial charge is 0.244 e. The number of aliphatic hydroxyl groups excluding tert-OH is 5. The summed E-state index contributed by atoms with van der Waals surface area (Å²) in [5.74, 6) is -0.511. The minimum atomic E-state index is -1.79. The molecule has 2 heterocycles. The Morgan fingerprint density at radius 3 is 2.30 bits per heavy atom. The van der Waals surface area contributed by atoms with Gasteiger partial charge in [0.25, 0.3) is 0 Å². The predicted molar refractivity (Wildman–Crippen MR) is 176 cm³/mol. The van der Waals surface area contributed by atoms with E-state index < -0.39 is 43.2 Å². The van der Waals surface area contributed by atoms with E-state index in [2.05, 4.69) is 4.90 Å². The van der Waals surface area contributed by atoms with Crippen LogP contribution in [-0.2, 0) is 22.6 Å². The zero-order valence-corrected chi connectivity index (χ0v) is 27.8. The number of aryl methyl sites for hydroxylation is 1. The summed E-state index contributed by atoms with van der Waals surface area (Å²) in [6.45, 7) is 0.459. The van der Waals surface area contributed by atoms with Gasteiger partial charge in [-0.2, -0.15) is 0 Å². The number of halogens is 3. The first-order valence-electron chi connectivity index (χ1n) is 16.0. The summed E-state index contributed by atoms with van der Waals surface area (Å²) in [6, 6.07) is 11.1. The molecule has 47 heavy (non-hydrogen) atoms. The van der Waals surface area contributed by atoms with Crippen LogP contribution in [0.4, 0.5) is 15.8 Å². The number of rotatable bonds is 13. The van der Waals surface area contributed by atoms with Gasteiger partial charge in [-0.3, -0.25) is 14.5 Å². The number of fused-ring (bicyclic) bond motifs is 1. The van der Waals surface area contributed by atoms with E-state index in [0.29, 0.717) is 33.8 Å². The van der Waals surface area contributed by atoms with Gasteiger partial charge in [0.05, 0.1) is 24.0 Å². The SMILES string of the molecule is CN(C[C@H](O)[C@@H](O)[C@H](O)[C@H](O)CO)C(=O)CCc1cc(Cl)c(CN2C[C@@H](F)C[C@H]2C(=O)N2CCN(C3CC3)c3ccccc32)cc1Cl. The molecule has 0 radical (unpaired) electrons. The van der Waals surface area contributed by atoms with E-state index >= 15 is 0 Å². The van der Waals surface area contributed by atoms with Crippen molar-refractivity contribution in [2.45, 2.75) is 81.3 Å². The molecular weight excluding hydrogens is 654 g/mol. The first-order valence-corrected chi connectivity index (χ1v) is 16.7. The number of alkyl halides is 1. The number of para-hydroxylation sites is 2. The lowest BCUT2D eigenvalue weighted by Crippen LogP contribution is -2.51. The molecule has 0 unspecified atom stereocenters. The highest BCUT2D eigenvalue weighted by molar-refractivity contribution is 6.34. The molecule has 2 fully saturated rings. The molecule has 2 aliphatic heterocycles. The third-order valence-electron chi connectivity index (χ3n) is 9.35. The predicted octanol–water partition coefficient (Wildman–Crippen LogP) is 1.75. The third-order valence-corrected chi connectivity index (χ3v) is 10.1. The van der Waals surface area contributed by atoms with Crippen molar-refractivity contribution >= 4 is 46.4 Å². The van der Waals surface area contributed by atoms with Crippen molar-refractivity contribution in [2.75, 3.05) is 49.6 Å². The summed E-state index contributed by atoms with van der Waals surface area (Å²) in [5, 5.41) is 49.2. The lowest BCUT2D eigenvalue weighted by atomic mass is 10.0. The Hall–Kier alpha value is -2.55. The Morgan fingerprint density at radius 2 is 1.62 bits per heavy atom. The maximum absolute atomic E-state index is 14.8. The zero-order valence-electron chi connectivity index (χ0n) is 26.3. The van der Waals surface area contributed by atoms with Crippen molar-refractivity contribution in [1.29, 1.82) is 0 Å². The van der Waals surface area contributed by atoms with E-state index in [1.807, 2.05) is 29.2 Å². The standard InChI is InChI=1S/C33H43Cl2FN4O7/c1-37(17-28(42)31(45)32(46)29(43)18-41)30(44)9-6-19-12-24(35)20(13-23(19)34)15-38-16-21(36)14-27(38)33(47)40-11-10-39(22-7-8-22)25-4-2-3-5-26(25)40/h2-5,12-13,21-22,27-29,31-32,41-43,45-46H,6-11,14-18H2,1H3/t21-,27-,28-,29+,31+,32+/m0/s1. The third kappa shape index (κ3) is 8.19.